The summed E-state index contributed by atoms with van der Waals surface area (Å²) in [6.45, 7) is 0. The normalized spacial score (nSPS) is 7.20. The molecule has 1 N–H and O–H groups in total. The fourth-order valence-electron chi connectivity index (χ4n) is 0. The fraction of sp³-hybridized carbons (Fsp3) is 1.00. The van der Waals surface area contributed by atoms with E-state index in [4.69, 9.17) is 0 Å². The summed E-state index contributed by atoms with van der Waals surface area (Å²) >= 11 is 0. The van der Waals surface area contributed by atoms with Crippen LogP contribution in [0.1, 0.15) is 0 Å². The number of hydrogen-bond acceptors (Lipinski definition) is 0. The predicted molar refractivity (Wildman–Crippen MR) is 24.5 cm³/mol. The second-order valence-corrected chi connectivity index (χ2v) is 1.50. The van der Waals surface area contributed by atoms with E-state index in [1.807, 2.05) is 0 Å². The van der Waals surface area contributed by atoms with Crippen LogP contribution in [-0.4, -0.2) is 38.7 Å². The molecule has 2 radical (unpaired) electrons. The van der Waals surface area contributed by atoms with Gasteiger partial charge in [0, 0.05) is 0 Å². The monoisotopic (exact) mass is 134 g/mol. The molecule has 0 aliphatic heterocycles. The van der Waals surface area contributed by atoms with E-state index in [2.05, 4.69) is 21.1 Å². The standard InChI is InChI=1S/C3H9N.Ge/c1-4(2)3;/h1-3H3;/q;+2/p+1. The van der Waals surface area contributed by atoms with Crippen molar-refractivity contribution < 1.29 is 4.90 Å². The number of quaternary nitrogens is 1. The SMILES string of the molecule is C[NH+](C)C.[Ge+2]. The second-order valence-electron chi connectivity index (χ2n) is 1.50. The summed E-state index contributed by atoms with van der Waals surface area (Å²) < 4.78 is 0. The Bertz CT molecular complexity index is 11.6. The first-order valence-corrected chi connectivity index (χ1v) is 1.50. The molecule has 1 nitrogen and oxygen atoms in total. The first kappa shape index (κ1) is 9.09. The first-order chi connectivity index (χ1) is 1.73. The molecule has 0 bridgehead atoms. The Morgan fingerprint density at radius 1 is 1.00 bits per heavy atom. The molecule has 0 aromatic carbocycles. The maximum Gasteiger partial charge on any atom is 2.00 e. The average Bonchev–Trinajstić information content (AvgIpc) is 0.811. The smallest absolute Gasteiger partial charge is 0.342 e. The van der Waals surface area contributed by atoms with Crippen molar-refractivity contribution in [2.24, 2.45) is 0 Å². The maximum atomic E-state index is 2.08. The average molecular weight is 133 g/mol. The molecule has 0 aromatic heterocycles. The molecule has 28 valence electrons. The van der Waals surface area contributed by atoms with Crippen LogP contribution < -0.4 is 4.90 Å². The van der Waals surface area contributed by atoms with Gasteiger partial charge in [-0.25, -0.2) is 0 Å². The molecule has 2 heteroatoms. The molecule has 5 heavy (non-hydrogen) atoms. The van der Waals surface area contributed by atoms with Gasteiger partial charge in [0.1, 0.15) is 0 Å². The van der Waals surface area contributed by atoms with E-state index in [1.54, 1.807) is 0 Å². The van der Waals surface area contributed by atoms with Crippen LogP contribution in [-0.2, 0) is 0 Å². The van der Waals surface area contributed by atoms with Crippen LogP contribution in [0, 0.1) is 0 Å². The Kier molecular flexibility index (Phi) is 8.19. The van der Waals surface area contributed by atoms with Gasteiger partial charge < -0.3 is 4.90 Å². The molecule has 0 saturated heterocycles. The van der Waals surface area contributed by atoms with Crippen LogP contribution >= 0.6 is 0 Å². The topological polar surface area (TPSA) is 4.44 Å². The Morgan fingerprint density at radius 2 is 1.00 bits per heavy atom. The summed E-state index contributed by atoms with van der Waals surface area (Å²) in [6.07, 6.45) is 0. The van der Waals surface area contributed by atoms with Gasteiger partial charge in [0.15, 0.2) is 0 Å². The quantitative estimate of drug-likeness (QED) is 0.378. The van der Waals surface area contributed by atoms with E-state index >= 15 is 0 Å². The van der Waals surface area contributed by atoms with Gasteiger partial charge in [0.25, 0.3) is 0 Å². The maximum absolute atomic E-state index is 2.08. The molecule has 0 rings (SSSR count). The van der Waals surface area contributed by atoms with Gasteiger partial charge in [0.05, 0.1) is 21.1 Å². The zero-order valence-corrected chi connectivity index (χ0v) is 6.10. The van der Waals surface area contributed by atoms with Gasteiger partial charge in [-0.2, -0.15) is 0 Å². The van der Waals surface area contributed by atoms with Crippen LogP contribution in [0.25, 0.3) is 0 Å². The third-order valence-electron chi connectivity index (χ3n) is 0. The van der Waals surface area contributed by atoms with Gasteiger partial charge in [-0.15, -0.1) is 0 Å². The minimum atomic E-state index is 0. The van der Waals surface area contributed by atoms with Crippen molar-refractivity contribution in [2.45, 2.75) is 0 Å². The summed E-state index contributed by atoms with van der Waals surface area (Å²) in [5.41, 5.74) is 0. The Hall–Kier alpha value is 0.503. The van der Waals surface area contributed by atoms with E-state index in [-0.39, 0.29) is 17.6 Å². The molecule has 0 spiro atoms. The molecule has 0 atom stereocenters. The molecule has 0 heterocycles. The molecule has 0 saturated carbocycles. The molecule has 0 aromatic rings. The van der Waals surface area contributed by atoms with Crippen molar-refractivity contribution in [1.82, 2.24) is 0 Å². The van der Waals surface area contributed by atoms with Gasteiger partial charge >= 0.3 is 17.6 Å². The summed E-state index contributed by atoms with van der Waals surface area (Å²) in [5.74, 6) is 0. The van der Waals surface area contributed by atoms with E-state index in [9.17, 15) is 0 Å². The Labute approximate surface area is 44.3 Å². The van der Waals surface area contributed by atoms with Crippen molar-refractivity contribution in [3.05, 3.63) is 0 Å². The number of nitrogens with one attached hydrogen (secondary N) is 1. The van der Waals surface area contributed by atoms with Gasteiger partial charge in [0.2, 0.25) is 0 Å². The third kappa shape index (κ3) is 112. The van der Waals surface area contributed by atoms with Crippen molar-refractivity contribution in [3.63, 3.8) is 0 Å². The summed E-state index contributed by atoms with van der Waals surface area (Å²) in [4.78, 5) is 1.42. The summed E-state index contributed by atoms with van der Waals surface area (Å²) in [5, 5.41) is 0. The zero-order chi connectivity index (χ0) is 3.58. The van der Waals surface area contributed by atoms with Crippen molar-refractivity contribution >= 4 is 17.6 Å². The van der Waals surface area contributed by atoms with Crippen molar-refractivity contribution in [2.75, 3.05) is 21.1 Å². The predicted octanol–water partition coefficient (Wildman–Crippen LogP) is -1.62. The van der Waals surface area contributed by atoms with Crippen molar-refractivity contribution in [3.8, 4) is 0 Å². The van der Waals surface area contributed by atoms with Crippen LogP contribution in [0.2, 0.25) is 0 Å². The van der Waals surface area contributed by atoms with Gasteiger partial charge in [-0.1, -0.05) is 0 Å². The van der Waals surface area contributed by atoms with Crippen LogP contribution in [0.15, 0.2) is 0 Å². The van der Waals surface area contributed by atoms with Crippen LogP contribution in [0.4, 0.5) is 0 Å². The van der Waals surface area contributed by atoms with E-state index < -0.39 is 0 Å². The molecule has 0 aliphatic carbocycles. The number of hydrogen-bond donors (Lipinski definition) is 1. The largest absolute Gasteiger partial charge is 2.00 e. The van der Waals surface area contributed by atoms with E-state index in [0.717, 1.165) is 0 Å². The minimum Gasteiger partial charge on any atom is -0.342 e. The van der Waals surface area contributed by atoms with E-state index in [0.29, 0.717) is 0 Å². The van der Waals surface area contributed by atoms with Crippen LogP contribution in [0.3, 0.4) is 0 Å². The van der Waals surface area contributed by atoms with Crippen molar-refractivity contribution in [1.29, 1.82) is 0 Å². The molecule has 0 fully saturated rings. The molecule has 0 amide bonds. The third-order valence-corrected chi connectivity index (χ3v) is 0. The number of rotatable bonds is 0. The fourth-order valence-corrected chi connectivity index (χ4v) is 0. The summed E-state index contributed by atoms with van der Waals surface area (Å²) in [7, 11) is 6.25. The van der Waals surface area contributed by atoms with Gasteiger partial charge in [-0.3, -0.25) is 0 Å². The molecular weight excluding hydrogens is 123 g/mol. The molecule has 0 aliphatic rings. The second kappa shape index (κ2) is 4.50. The van der Waals surface area contributed by atoms with Gasteiger partial charge in [-0.05, 0) is 0 Å². The summed E-state index contributed by atoms with van der Waals surface area (Å²) in [6, 6.07) is 0. The Balaban J connectivity index is 0. The Morgan fingerprint density at radius 3 is 1.00 bits per heavy atom. The minimum absolute atomic E-state index is 0. The molecule has 0 unspecified atom stereocenters. The van der Waals surface area contributed by atoms with E-state index in [1.165, 1.54) is 4.90 Å². The first-order valence-electron chi connectivity index (χ1n) is 1.50. The molecular formula is C3H10GeN+3. The van der Waals surface area contributed by atoms with Crippen LogP contribution in [0.5, 0.6) is 0 Å². The zero-order valence-electron chi connectivity index (χ0n) is 4.00.